The number of anilines is 1. The topological polar surface area (TPSA) is 61.5 Å². The third-order valence-electron chi connectivity index (χ3n) is 3.38. The molecule has 4 nitrogen and oxygen atoms in total. The van der Waals surface area contributed by atoms with Crippen LogP contribution < -0.4 is 10.5 Å². The number of ether oxygens (including phenoxy) is 2. The maximum atomic E-state index is 12.0. The number of hydrogen-bond donors (Lipinski definition) is 1. The van der Waals surface area contributed by atoms with Gasteiger partial charge in [0.05, 0.1) is 19.3 Å². The summed E-state index contributed by atoms with van der Waals surface area (Å²) in [5, 5.41) is 0. The highest BCUT2D eigenvalue weighted by molar-refractivity contribution is 5.92. The molecule has 0 aliphatic heterocycles. The van der Waals surface area contributed by atoms with Crippen LogP contribution in [0.25, 0.3) is 0 Å². The molecule has 2 N–H and O–H groups in total. The lowest BCUT2D eigenvalue weighted by molar-refractivity contribution is 0.0508. The first-order valence-electron chi connectivity index (χ1n) is 6.77. The van der Waals surface area contributed by atoms with Crippen molar-refractivity contribution in [3.63, 3.8) is 0 Å². The fourth-order valence-corrected chi connectivity index (χ4v) is 2.01. The Bertz CT molecular complexity index is 620. The average molecular weight is 285 g/mol. The molecule has 2 aromatic rings. The Morgan fingerprint density at radius 3 is 2.52 bits per heavy atom. The van der Waals surface area contributed by atoms with Gasteiger partial charge in [0.1, 0.15) is 5.75 Å². The second-order valence-corrected chi connectivity index (χ2v) is 4.75. The fourth-order valence-electron chi connectivity index (χ4n) is 2.01. The third-order valence-corrected chi connectivity index (χ3v) is 3.38. The molecular weight excluding hydrogens is 266 g/mol. The number of benzene rings is 2. The van der Waals surface area contributed by atoms with Crippen molar-refractivity contribution in [2.45, 2.75) is 13.3 Å². The van der Waals surface area contributed by atoms with Crippen molar-refractivity contribution < 1.29 is 14.3 Å². The van der Waals surface area contributed by atoms with Crippen LogP contribution in [0.5, 0.6) is 5.75 Å². The molecule has 110 valence electrons. The molecule has 4 heteroatoms. The van der Waals surface area contributed by atoms with Crippen LogP contribution in [0.1, 0.15) is 21.5 Å². The Labute approximate surface area is 124 Å². The van der Waals surface area contributed by atoms with Gasteiger partial charge in [-0.05, 0) is 42.3 Å². The standard InChI is InChI=1S/C17H19NO3/c1-12-15(4-3-5-16(12)18)17(19)21-11-10-13-6-8-14(20-2)9-7-13/h3-9H,10-11,18H2,1-2H3. The molecule has 0 radical (unpaired) electrons. The van der Waals surface area contributed by atoms with Crippen molar-refractivity contribution in [2.24, 2.45) is 0 Å². The van der Waals surface area contributed by atoms with Gasteiger partial charge in [0.15, 0.2) is 0 Å². The van der Waals surface area contributed by atoms with Crippen molar-refractivity contribution in [3.05, 3.63) is 59.2 Å². The number of hydrogen-bond acceptors (Lipinski definition) is 4. The maximum absolute atomic E-state index is 12.0. The highest BCUT2D eigenvalue weighted by Gasteiger charge is 2.11. The maximum Gasteiger partial charge on any atom is 0.338 e. The van der Waals surface area contributed by atoms with Gasteiger partial charge in [-0.15, -0.1) is 0 Å². The average Bonchev–Trinajstić information content (AvgIpc) is 2.50. The van der Waals surface area contributed by atoms with Gasteiger partial charge in [0, 0.05) is 12.1 Å². The van der Waals surface area contributed by atoms with E-state index in [4.69, 9.17) is 15.2 Å². The minimum atomic E-state index is -0.340. The molecule has 0 spiro atoms. The van der Waals surface area contributed by atoms with E-state index in [0.717, 1.165) is 16.9 Å². The van der Waals surface area contributed by atoms with Crippen LogP contribution in [-0.2, 0) is 11.2 Å². The number of nitrogen functional groups attached to an aromatic ring is 1. The summed E-state index contributed by atoms with van der Waals surface area (Å²) in [5.74, 6) is 0.472. The molecular formula is C17H19NO3. The van der Waals surface area contributed by atoms with Gasteiger partial charge in [0.25, 0.3) is 0 Å². The van der Waals surface area contributed by atoms with E-state index in [1.807, 2.05) is 31.2 Å². The summed E-state index contributed by atoms with van der Waals surface area (Å²) >= 11 is 0. The minimum absolute atomic E-state index is 0.333. The Kier molecular flexibility index (Phi) is 4.82. The molecule has 0 saturated carbocycles. The van der Waals surface area contributed by atoms with Crippen molar-refractivity contribution in [3.8, 4) is 5.75 Å². The number of esters is 1. The number of methoxy groups -OCH3 is 1. The summed E-state index contributed by atoms with van der Waals surface area (Å²) < 4.78 is 10.4. The number of rotatable bonds is 5. The minimum Gasteiger partial charge on any atom is -0.497 e. The van der Waals surface area contributed by atoms with E-state index >= 15 is 0 Å². The molecule has 0 unspecified atom stereocenters. The van der Waals surface area contributed by atoms with Crippen molar-refractivity contribution in [1.82, 2.24) is 0 Å². The molecule has 0 aliphatic carbocycles. The highest BCUT2D eigenvalue weighted by atomic mass is 16.5. The van der Waals surface area contributed by atoms with Gasteiger partial charge in [-0.3, -0.25) is 0 Å². The van der Waals surface area contributed by atoms with Gasteiger partial charge < -0.3 is 15.2 Å². The lowest BCUT2D eigenvalue weighted by Crippen LogP contribution is -2.10. The van der Waals surface area contributed by atoms with Crippen molar-refractivity contribution in [2.75, 3.05) is 19.5 Å². The number of nitrogens with two attached hydrogens (primary N) is 1. The predicted molar refractivity (Wildman–Crippen MR) is 82.6 cm³/mol. The normalized spacial score (nSPS) is 10.2. The lowest BCUT2D eigenvalue weighted by atomic mass is 10.1. The van der Waals surface area contributed by atoms with E-state index < -0.39 is 0 Å². The SMILES string of the molecule is COc1ccc(CCOC(=O)c2cccc(N)c2C)cc1. The first-order chi connectivity index (χ1) is 10.1. The van der Waals surface area contributed by atoms with Crippen molar-refractivity contribution in [1.29, 1.82) is 0 Å². The van der Waals surface area contributed by atoms with Gasteiger partial charge in [-0.2, -0.15) is 0 Å². The summed E-state index contributed by atoms with van der Waals surface area (Å²) in [6.07, 6.45) is 0.664. The van der Waals surface area contributed by atoms with Gasteiger partial charge >= 0.3 is 5.97 Å². The molecule has 0 fully saturated rings. The summed E-state index contributed by atoms with van der Waals surface area (Å²) in [6, 6.07) is 12.9. The highest BCUT2D eigenvalue weighted by Crippen LogP contribution is 2.17. The molecule has 0 amide bonds. The van der Waals surface area contributed by atoms with Gasteiger partial charge in [0.2, 0.25) is 0 Å². The largest absolute Gasteiger partial charge is 0.497 e. The Hall–Kier alpha value is -2.49. The molecule has 2 aromatic carbocycles. The van der Waals surface area contributed by atoms with E-state index in [2.05, 4.69) is 0 Å². The molecule has 0 atom stereocenters. The molecule has 0 saturated heterocycles. The van der Waals surface area contributed by atoms with Crippen LogP contribution in [0.3, 0.4) is 0 Å². The number of carbonyl (C=O) groups is 1. The molecule has 0 heterocycles. The van der Waals surface area contributed by atoms with Gasteiger partial charge in [-0.25, -0.2) is 4.79 Å². The van der Waals surface area contributed by atoms with Crippen LogP contribution in [-0.4, -0.2) is 19.7 Å². The zero-order chi connectivity index (χ0) is 15.2. The van der Waals surface area contributed by atoms with E-state index in [1.54, 1.807) is 25.3 Å². The molecule has 0 aromatic heterocycles. The van der Waals surface area contributed by atoms with E-state index in [9.17, 15) is 4.79 Å². The summed E-state index contributed by atoms with van der Waals surface area (Å²) in [7, 11) is 1.63. The molecule has 0 aliphatic rings. The van der Waals surface area contributed by atoms with Crippen LogP contribution in [0.15, 0.2) is 42.5 Å². The zero-order valence-electron chi connectivity index (χ0n) is 12.3. The Balaban J connectivity index is 1.90. The Morgan fingerprint density at radius 1 is 1.14 bits per heavy atom. The zero-order valence-corrected chi connectivity index (χ0v) is 12.3. The van der Waals surface area contributed by atoms with Crippen molar-refractivity contribution >= 4 is 11.7 Å². The quantitative estimate of drug-likeness (QED) is 0.677. The van der Waals surface area contributed by atoms with E-state index in [1.165, 1.54) is 0 Å². The van der Waals surface area contributed by atoms with Crippen LogP contribution >= 0.6 is 0 Å². The predicted octanol–water partition coefficient (Wildman–Crippen LogP) is 2.99. The monoisotopic (exact) mass is 285 g/mol. The van der Waals surface area contributed by atoms with Crippen LogP contribution in [0.4, 0.5) is 5.69 Å². The summed E-state index contributed by atoms with van der Waals surface area (Å²) in [4.78, 5) is 12.0. The van der Waals surface area contributed by atoms with Crippen LogP contribution in [0, 0.1) is 6.92 Å². The molecule has 2 rings (SSSR count). The summed E-state index contributed by atoms with van der Waals surface area (Å²) in [5.41, 5.74) is 8.75. The van der Waals surface area contributed by atoms with Gasteiger partial charge in [-0.1, -0.05) is 18.2 Å². The number of carbonyl (C=O) groups excluding carboxylic acids is 1. The third kappa shape index (κ3) is 3.75. The van der Waals surface area contributed by atoms with E-state index in [0.29, 0.717) is 24.3 Å². The second-order valence-electron chi connectivity index (χ2n) is 4.75. The second kappa shape index (κ2) is 6.79. The molecule has 21 heavy (non-hydrogen) atoms. The van der Waals surface area contributed by atoms with E-state index in [-0.39, 0.29) is 5.97 Å². The molecule has 0 bridgehead atoms. The van der Waals surface area contributed by atoms with Crippen LogP contribution in [0.2, 0.25) is 0 Å². The smallest absolute Gasteiger partial charge is 0.338 e. The lowest BCUT2D eigenvalue weighted by Gasteiger charge is -2.09. The first kappa shape index (κ1) is 14.9. The first-order valence-corrected chi connectivity index (χ1v) is 6.77. The Morgan fingerprint density at radius 2 is 1.86 bits per heavy atom. The fraction of sp³-hybridized carbons (Fsp3) is 0.235. The summed E-state index contributed by atoms with van der Waals surface area (Å²) in [6.45, 7) is 2.15.